The van der Waals surface area contributed by atoms with Crippen LogP contribution < -0.4 is 10.6 Å². The molecule has 1 aliphatic rings. The summed E-state index contributed by atoms with van der Waals surface area (Å²) in [5, 5.41) is 7.27. The standard InChI is InChI=1S/C18H26N4O/c1-2-22-13-14(16-9-6-11-19-17(16)22)10-12-20-18(23)21-15-7-4-3-5-8-15/h6,9,11,13,15H,2-5,7-8,10,12H2,1H3,(H2,20,21,23). The second kappa shape index (κ2) is 7.49. The van der Waals surface area contributed by atoms with Crippen molar-refractivity contribution in [2.75, 3.05) is 6.54 Å². The number of carbonyl (C=O) groups excluding carboxylic acids is 1. The number of nitrogens with zero attached hydrogens (tertiary/aromatic N) is 2. The van der Waals surface area contributed by atoms with Gasteiger partial charge in [-0.25, -0.2) is 9.78 Å². The zero-order chi connectivity index (χ0) is 16.1. The molecule has 5 heteroatoms. The lowest BCUT2D eigenvalue weighted by Gasteiger charge is -2.22. The predicted octanol–water partition coefficient (Wildman–Crippen LogP) is 3.23. The normalized spacial score (nSPS) is 15.7. The van der Waals surface area contributed by atoms with E-state index in [-0.39, 0.29) is 6.03 Å². The highest BCUT2D eigenvalue weighted by Gasteiger charge is 2.15. The molecule has 1 saturated carbocycles. The van der Waals surface area contributed by atoms with Crippen molar-refractivity contribution in [3.8, 4) is 0 Å². The van der Waals surface area contributed by atoms with Crippen LogP contribution in [0.3, 0.4) is 0 Å². The van der Waals surface area contributed by atoms with Crippen molar-refractivity contribution in [2.45, 2.75) is 58.0 Å². The fourth-order valence-corrected chi connectivity index (χ4v) is 3.43. The van der Waals surface area contributed by atoms with Gasteiger partial charge in [-0.2, -0.15) is 0 Å². The highest BCUT2D eigenvalue weighted by Crippen LogP contribution is 2.19. The zero-order valence-electron chi connectivity index (χ0n) is 13.8. The van der Waals surface area contributed by atoms with Crippen LogP contribution in [0, 0.1) is 0 Å². The van der Waals surface area contributed by atoms with Gasteiger partial charge in [0, 0.05) is 36.9 Å². The van der Waals surface area contributed by atoms with Crippen LogP contribution in [-0.2, 0) is 13.0 Å². The number of aromatic nitrogens is 2. The summed E-state index contributed by atoms with van der Waals surface area (Å²) in [5.41, 5.74) is 2.27. The van der Waals surface area contributed by atoms with Gasteiger partial charge in [0.25, 0.3) is 0 Å². The Labute approximate surface area is 137 Å². The van der Waals surface area contributed by atoms with E-state index in [0.717, 1.165) is 31.5 Å². The first-order chi connectivity index (χ1) is 11.3. The maximum absolute atomic E-state index is 12.0. The van der Waals surface area contributed by atoms with Crippen LogP contribution >= 0.6 is 0 Å². The Balaban J connectivity index is 1.53. The van der Waals surface area contributed by atoms with Crippen molar-refractivity contribution in [3.63, 3.8) is 0 Å². The van der Waals surface area contributed by atoms with Gasteiger partial charge in [-0.1, -0.05) is 19.3 Å². The third-order valence-corrected chi connectivity index (χ3v) is 4.68. The fraction of sp³-hybridized carbons (Fsp3) is 0.556. The number of hydrogen-bond acceptors (Lipinski definition) is 2. The molecular formula is C18H26N4O. The summed E-state index contributed by atoms with van der Waals surface area (Å²) in [6, 6.07) is 4.39. The summed E-state index contributed by atoms with van der Waals surface area (Å²) >= 11 is 0. The first-order valence-electron chi connectivity index (χ1n) is 8.75. The maximum Gasteiger partial charge on any atom is 0.315 e. The Bertz CT molecular complexity index is 658. The Kier molecular flexibility index (Phi) is 5.16. The molecule has 0 aliphatic heterocycles. The number of rotatable bonds is 5. The number of fused-ring (bicyclic) bond motifs is 1. The number of hydrogen-bond donors (Lipinski definition) is 2. The highest BCUT2D eigenvalue weighted by molar-refractivity contribution is 5.80. The Morgan fingerprint density at radius 3 is 2.96 bits per heavy atom. The first-order valence-corrected chi connectivity index (χ1v) is 8.75. The molecule has 2 aromatic rings. The molecule has 3 rings (SSSR count). The van der Waals surface area contributed by atoms with E-state index >= 15 is 0 Å². The zero-order valence-corrected chi connectivity index (χ0v) is 13.8. The Morgan fingerprint density at radius 1 is 1.35 bits per heavy atom. The Morgan fingerprint density at radius 2 is 2.17 bits per heavy atom. The molecule has 0 aromatic carbocycles. The van der Waals surface area contributed by atoms with E-state index in [9.17, 15) is 4.79 Å². The van der Waals surface area contributed by atoms with Crippen molar-refractivity contribution in [1.29, 1.82) is 0 Å². The quantitative estimate of drug-likeness (QED) is 0.890. The van der Waals surface area contributed by atoms with E-state index in [1.165, 1.54) is 30.2 Å². The molecule has 2 aromatic heterocycles. The topological polar surface area (TPSA) is 59.0 Å². The average molecular weight is 314 g/mol. The van der Waals surface area contributed by atoms with E-state index in [1.54, 1.807) is 0 Å². The van der Waals surface area contributed by atoms with Gasteiger partial charge in [0.05, 0.1) is 0 Å². The lowest BCUT2D eigenvalue weighted by Crippen LogP contribution is -2.43. The van der Waals surface area contributed by atoms with Crippen molar-refractivity contribution in [1.82, 2.24) is 20.2 Å². The summed E-state index contributed by atoms with van der Waals surface area (Å²) in [4.78, 5) is 16.4. The molecule has 1 aliphatic carbocycles. The van der Waals surface area contributed by atoms with Gasteiger partial charge < -0.3 is 15.2 Å². The van der Waals surface area contributed by atoms with E-state index in [2.05, 4.69) is 39.4 Å². The summed E-state index contributed by atoms with van der Waals surface area (Å²) < 4.78 is 2.16. The predicted molar refractivity (Wildman–Crippen MR) is 92.5 cm³/mol. The van der Waals surface area contributed by atoms with Gasteiger partial charge in [0.15, 0.2) is 0 Å². The van der Waals surface area contributed by atoms with Crippen LogP contribution in [0.15, 0.2) is 24.5 Å². The number of urea groups is 1. The third-order valence-electron chi connectivity index (χ3n) is 4.68. The van der Waals surface area contributed by atoms with Crippen LogP contribution in [0.4, 0.5) is 4.79 Å². The highest BCUT2D eigenvalue weighted by atomic mass is 16.2. The number of carbonyl (C=O) groups is 1. The summed E-state index contributed by atoms with van der Waals surface area (Å²) in [6.07, 6.45) is 10.8. The van der Waals surface area contributed by atoms with Crippen LogP contribution in [-0.4, -0.2) is 28.2 Å². The van der Waals surface area contributed by atoms with Gasteiger partial charge in [0.2, 0.25) is 0 Å². The fourth-order valence-electron chi connectivity index (χ4n) is 3.43. The molecule has 0 saturated heterocycles. The molecule has 2 amide bonds. The second-order valence-electron chi connectivity index (χ2n) is 6.30. The van der Waals surface area contributed by atoms with Crippen LogP contribution in [0.1, 0.15) is 44.6 Å². The molecule has 0 atom stereocenters. The van der Waals surface area contributed by atoms with Crippen molar-refractivity contribution in [2.24, 2.45) is 0 Å². The van der Waals surface area contributed by atoms with Gasteiger partial charge in [-0.3, -0.25) is 0 Å². The Hall–Kier alpha value is -2.04. The molecule has 1 fully saturated rings. The van der Waals surface area contributed by atoms with E-state index < -0.39 is 0 Å². The van der Waals surface area contributed by atoms with Gasteiger partial charge in [-0.15, -0.1) is 0 Å². The number of aryl methyl sites for hydroxylation is 1. The number of amides is 2. The molecule has 0 spiro atoms. The molecule has 5 nitrogen and oxygen atoms in total. The van der Waals surface area contributed by atoms with Crippen molar-refractivity contribution >= 4 is 17.1 Å². The van der Waals surface area contributed by atoms with E-state index in [4.69, 9.17) is 0 Å². The molecule has 0 bridgehead atoms. The van der Waals surface area contributed by atoms with E-state index in [1.807, 2.05) is 12.3 Å². The lowest BCUT2D eigenvalue weighted by atomic mass is 9.96. The molecule has 124 valence electrons. The van der Waals surface area contributed by atoms with Crippen LogP contribution in [0.5, 0.6) is 0 Å². The number of nitrogens with one attached hydrogen (secondary N) is 2. The SMILES string of the molecule is CCn1cc(CCNC(=O)NC2CCCCC2)c2cccnc21. The molecule has 23 heavy (non-hydrogen) atoms. The van der Waals surface area contributed by atoms with Gasteiger partial charge >= 0.3 is 6.03 Å². The molecule has 0 unspecified atom stereocenters. The molecular weight excluding hydrogens is 288 g/mol. The summed E-state index contributed by atoms with van der Waals surface area (Å²) in [6.45, 7) is 3.67. The maximum atomic E-state index is 12.0. The van der Waals surface area contributed by atoms with Gasteiger partial charge in [-0.05, 0) is 43.9 Å². The van der Waals surface area contributed by atoms with Gasteiger partial charge in [0.1, 0.15) is 5.65 Å². The van der Waals surface area contributed by atoms with Crippen molar-refractivity contribution < 1.29 is 4.79 Å². The monoisotopic (exact) mass is 314 g/mol. The largest absolute Gasteiger partial charge is 0.338 e. The van der Waals surface area contributed by atoms with Crippen LogP contribution in [0.25, 0.3) is 11.0 Å². The summed E-state index contributed by atoms with van der Waals surface area (Å²) in [5.74, 6) is 0. The molecule has 0 radical (unpaired) electrons. The van der Waals surface area contributed by atoms with Crippen molar-refractivity contribution in [3.05, 3.63) is 30.1 Å². The lowest BCUT2D eigenvalue weighted by molar-refractivity contribution is 0.233. The van der Waals surface area contributed by atoms with E-state index in [0.29, 0.717) is 12.6 Å². The summed E-state index contributed by atoms with van der Waals surface area (Å²) in [7, 11) is 0. The minimum Gasteiger partial charge on any atom is -0.338 e. The first kappa shape index (κ1) is 15.8. The van der Waals surface area contributed by atoms with Crippen LogP contribution in [0.2, 0.25) is 0 Å². The average Bonchev–Trinajstić information content (AvgIpc) is 2.94. The third kappa shape index (κ3) is 3.84. The molecule has 2 N–H and O–H groups in total. The molecule has 2 heterocycles. The minimum absolute atomic E-state index is 0.0331. The minimum atomic E-state index is -0.0331. The smallest absolute Gasteiger partial charge is 0.315 e. The number of pyridine rings is 1. The second-order valence-corrected chi connectivity index (χ2v) is 6.30.